The Morgan fingerprint density at radius 2 is 1.90 bits per heavy atom. The second-order valence-corrected chi connectivity index (χ2v) is 6.75. The molecular weight excluding hydrogens is 268 g/mol. The lowest BCUT2D eigenvalue weighted by Crippen LogP contribution is -2.49. The van der Waals surface area contributed by atoms with E-state index in [1.807, 2.05) is 0 Å². The highest BCUT2D eigenvalue weighted by molar-refractivity contribution is 5.78. The molecule has 21 heavy (non-hydrogen) atoms. The van der Waals surface area contributed by atoms with Crippen LogP contribution >= 0.6 is 0 Å². The summed E-state index contributed by atoms with van der Waals surface area (Å²) in [6, 6.07) is 1.05. The molecule has 0 saturated carbocycles. The summed E-state index contributed by atoms with van der Waals surface area (Å²) in [4.78, 5) is 25.3. The Hall–Kier alpha value is -1.10. The van der Waals surface area contributed by atoms with Crippen molar-refractivity contribution in [1.82, 2.24) is 10.2 Å². The molecule has 0 spiro atoms. The SMILES string of the molecule is CCCC(C)NC(=O)CN1C2CCC1CC(CC(=O)O)C2. The Kier molecular flexibility index (Phi) is 5.62. The quantitative estimate of drug-likeness (QED) is 0.754. The molecular formula is C16H28N2O3. The Balaban J connectivity index is 1.83. The zero-order valence-corrected chi connectivity index (χ0v) is 13.2. The number of nitrogens with zero attached hydrogens (tertiary/aromatic N) is 1. The molecule has 3 unspecified atom stereocenters. The number of carbonyl (C=O) groups excluding carboxylic acids is 1. The molecule has 3 atom stereocenters. The molecule has 0 aromatic heterocycles. The van der Waals surface area contributed by atoms with Gasteiger partial charge in [-0.2, -0.15) is 0 Å². The zero-order chi connectivity index (χ0) is 15.4. The second-order valence-electron chi connectivity index (χ2n) is 6.75. The molecule has 2 aliphatic heterocycles. The first-order valence-electron chi connectivity index (χ1n) is 8.26. The van der Waals surface area contributed by atoms with Crippen molar-refractivity contribution in [2.75, 3.05) is 6.54 Å². The van der Waals surface area contributed by atoms with E-state index in [4.69, 9.17) is 5.11 Å². The average Bonchev–Trinajstić information content (AvgIpc) is 2.61. The summed E-state index contributed by atoms with van der Waals surface area (Å²) in [5.74, 6) is -0.290. The van der Waals surface area contributed by atoms with Crippen molar-refractivity contribution >= 4 is 11.9 Å². The van der Waals surface area contributed by atoms with Crippen molar-refractivity contribution < 1.29 is 14.7 Å². The van der Waals surface area contributed by atoms with Gasteiger partial charge in [0.15, 0.2) is 0 Å². The van der Waals surface area contributed by atoms with Crippen LogP contribution in [-0.2, 0) is 9.59 Å². The lowest BCUT2D eigenvalue weighted by molar-refractivity contribution is -0.139. The van der Waals surface area contributed by atoms with Gasteiger partial charge in [0.1, 0.15) is 0 Å². The standard InChI is InChI=1S/C16H28N2O3/c1-3-4-11(2)17-15(19)10-18-13-5-6-14(18)8-12(7-13)9-16(20)21/h11-14H,3-10H2,1-2H3,(H,17,19)(H,20,21). The van der Waals surface area contributed by atoms with E-state index in [0.717, 1.165) is 38.5 Å². The smallest absolute Gasteiger partial charge is 0.303 e. The minimum Gasteiger partial charge on any atom is -0.481 e. The van der Waals surface area contributed by atoms with Crippen molar-refractivity contribution in [2.45, 2.75) is 76.9 Å². The molecule has 2 aliphatic rings. The van der Waals surface area contributed by atoms with E-state index in [1.54, 1.807) is 0 Å². The fraction of sp³-hybridized carbons (Fsp3) is 0.875. The minimum atomic E-state index is -0.695. The van der Waals surface area contributed by atoms with E-state index in [0.29, 0.717) is 24.5 Å². The number of amides is 1. The molecule has 2 saturated heterocycles. The molecule has 0 aromatic carbocycles. The number of fused-ring (bicyclic) bond motifs is 2. The maximum absolute atomic E-state index is 12.1. The first-order valence-corrected chi connectivity index (χ1v) is 8.26. The van der Waals surface area contributed by atoms with Gasteiger partial charge in [-0.15, -0.1) is 0 Å². The molecule has 2 rings (SSSR count). The minimum absolute atomic E-state index is 0.115. The summed E-state index contributed by atoms with van der Waals surface area (Å²) >= 11 is 0. The molecule has 2 heterocycles. The largest absolute Gasteiger partial charge is 0.481 e. The van der Waals surface area contributed by atoms with Crippen LogP contribution in [0.3, 0.4) is 0 Å². The lowest BCUT2D eigenvalue weighted by Gasteiger charge is -2.38. The van der Waals surface area contributed by atoms with Crippen molar-refractivity contribution in [3.05, 3.63) is 0 Å². The van der Waals surface area contributed by atoms with E-state index in [-0.39, 0.29) is 18.4 Å². The number of aliphatic carboxylic acids is 1. The number of carbonyl (C=O) groups is 2. The van der Waals surface area contributed by atoms with Gasteiger partial charge in [0, 0.05) is 24.5 Å². The van der Waals surface area contributed by atoms with E-state index in [9.17, 15) is 9.59 Å². The summed E-state index contributed by atoms with van der Waals surface area (Å²) in [6.45, 7) is 4.65. The van der Waals surface area contributed by atoms with E-state index in [1.165, 1.54) is 0 Å². The molecule has 5 heteroatoms. The normalized spacial score (nSPS) is 30.1. The number of piperidine rings is 1. The number of carboxylic acid groups (broad SMARTS) is 1. The van der Waals surface area contributed by atoms with Crippen LogP contribution < -0.4 is 5.32 Å². The molecule has 0 aromatic rings. The maximum Gasteiger partial charge on any atom is 0.303 e. The average molecular weight is 296 g/mol. The van der Waals surface area contributed by atoms with Crippen LogP contribution in [0.2, 0.25) is 0 Å². The molecule has 2 fully saturated rings. The Bertz CT molecular complexity index is 372. The fourth-order valence-corrected chi connectivity index (χ4v) is 4.05. The van der Waals surface area contributed by atoms with Crippen molar-refractivity contribution in [2.24, 2.45) is 5.92 Å². The monoisotopic (exact) mass is 296 g/mol. The van der Waals surface area contributed by atoms with Gasteiger partial charge in [0.05, 0.1) is 6.54 Å². The molecule has 1 amide bonds. The predicted molar refractivity (Wildman–Crippen MR) is 81.0 cm³/mol. The van der Waals surface area contributed by atoms with E-state index < -0.39 is 5.97 Å². The van der Waals surface area contributed by atoms with E-state index in [2.05, 4.69) is 24.1 Å². The van der Waals surface area contributed by atoms with Crippen molar-refractivity contribution in [3.8, 4) is 0 Å². The summed E-state index contributed by atoms with van der Waals surface area (Å²) in [5, 5.41) is 12.0. The van der Waals surface area contributed by atoms with Gasteiger partial charge in [-0.3, -0.25) is 14.5 Å². The predicted octanol–water partition coefficient (Wildman–Crippen LogP) is 2.01. The maximum atomic E-state index is 12.1. The third-order valence-electron chi connectivity index (χ3n) is 4.90. The number of hydrogen-bond acceptors (Lipinski definition) is 3. The number of hydrogen-bond donors (Lipinski definition) is 2. The molecule has 5 nitrogen and oxygen atoms in total. The summed E-state index contributed by atoms with van der Waals surface area (Å²) in [7, 11) is 0. The van der Waals surface area contributed by atoms with Crippen LogP contribution in [0.4, 0.5) is 0 Å². The Morgan fingerprint density at radius 3 is 2.43 bits per heavy atom. The fourth-order valence-electron chi connectivity index (χ4n) is 4.05. The Labute approximate surface area is 127 Å². The molecule has 2 N–H and O–H groups in total. The first-order chi connectivity index (χ1) is 9.99. The molecule has 120 valence electrons. The van der Waals surface area contributed by atoms with E-state index >= 15 is 0 Å². The van der Waals surface area contributed by atoms with Crippen LogP contribution in [-0.4, -0.2) is 46.6 Å². The number of carboxylic acids is 1. The van der Waals surface area contributed by atoms with Gasteiger partial charge in [-0.1, -0.05) is 13.3 Å². The van der Waals surface area contributed by atoms with Gasteiger partial charge in [-0.25, -0.2) is 0 Å². The topological polar surface area (TPSA) is 69.6 Å². The Morgan fingerprint density at radius 1 is 1.29 bits per heavy atom. The third-order valence-corrected chi connectivity index (χ3v) is 4.90. The highest BCUT2D eigenvalue weighted by atomic mass is 16.4. The van der Waals surface area contributed by atoms with Gasteiger partial charge < -0.3 is 10.4 Å². The summed E-state index contributed by atoms with van der Waals surface area (Å²) in [6.07, 6.45) is 6.45. The van der Waals surface area contributed by atoms with Crippen LogP contribution in [0.5, 0.6) is 0 Å². The van der Waals surface area contributed by atoms with Crippen LogP contribution in [0, 0.1) is 5.92 Å². The lowest BCUT2D eigenvalue weighted by atomic mass is 9.88. The van der Waals surface area contributed by atoms with Crippen molar-refractivity contribution in [1.29, 1.82) is 0 Å². The number of nitrogens with one attached hydrogen (secondary N) is 1. The van der Waals surface area contributed by atoms with Gasteiger partial charge in [-0.05, 0) is 44.9 Å². The van der Waals surface area contributed by atoms with Crippen LogP contribution in [0.1, 0.15) is 58.8 Å². The molecule has 0 radical (unpaired) electrons. The number of rotatable bonds is 7. The summed E-state index contributed by atoms with van der Waals surface area (Å²) in [5.41, 5.74) is 0. The molecule has 0 aliphatic carbocycles. The zero-order valence-electron chi connectivity index (χ0n) is 13.2. The second kappa shape index (κ2) is 7.25. The van der Waals surface area contributed by atoms with Crippen LogP contribution in [0.25, 0.3) is 0 Å². The first kappa shape index (κ1) is 16.3. The van der Waals surface area contributed by atoms with Crippen LogP contribution in [0.15, 0.2) is 0 Å². The highest BCUT2D eigenvalue weighted by Crippen LogP contribution is 2.39. The van der Waals surface area contributed by atoms with Crippen molar-refractivity contribution in [3.63, 3.8) is 0 Å². The summed E-state index contributed by atoms with van der Waals surface area (Å²) < 4.78 is 0. The van der Waals surface area contributed by atoms with Gasteiger partial charge >= 0.3 is 5.97 Å². The third kappa shape index (κ3) is 4.43. The van der Waals surface area contributed by atoms with Gasteiger partial charge in [0.2, 0.25) is 5.91 Å². The highest BCUT2D eigenvalue weighted by Gasteiger charge is 2.41. The molecule has 2 bridgehead atoms. The van der Waals surface area contributed by atoms with Gasteiger partial charge in [0.25, 0.3) is 0 Å².